The van der Waals surface area contributed by atoms with Gasteiger partial charge in [-0.05, 0) is 42.3 Å². The second kappa shape index (κ2) is 8.12. The Bertz CT molecular complexity index is 645. The third-order valence-corrected chi connectivity index (χ3v) is 3.08. The van der Waals surface area contributed by atoms with E-state index < -0.39 is 6.61 Å². The van der Waals surface area contributed by atoms with Gasteiger partial charge in [0.05, 0.1) is 0 Å². The largest absolute Gasteiger partial charge is 0.483 e. The smallest absolute Gasteiger partial charge is 0.387 e. The van der Waals surface area contributed by atoms with Gasteiger partial charge in [-0.1, -0.05) is 25.1 Å². The number of halogens is 2. The number of hydrogen-bond donors (Lipinski definition) is 1. The van der Waals surface area contributed by atoms with Crippen molar-refractivity contribution in [3.8, 4) is 11.5 Å². The maximum absolute atomic E-state index is 12.0. The number of carbonyl (C=O) groups is 1. The molecule has 2 aromatic carbocycles. The van der Waals surface area contributed by atoms with Crippen LogP contribution in [0.25, 0.3) is 0 Å². The third-order valence-electron chi connectivity index (χ3n) is 3.08. The van der Waals surface area contributed by atoms with Gasteiger partial charge in [0.2, 0.25) is 0 Å². The number of benzene rings is 2. The average molecular weight is 321 g/mol. The SMILES string of the molecule is CCc1ccccc1OCC(=O)Nc1ccc(OC(F)F)cc1. The van der Waals surface area contributed by atoms with Gasteiger partial charge in [-0.2, -0.15) is 8.78 Å². The summed E-state index contributed by atoms with van der Waals surface area (Å²) in [6.07, 6.45) is 0.809. The molecule has 0 aliphatic heterocycles. The van der Waals surface area contributed by atoms with Crippen LogP contribution < -0.4 is 14.8 Å². The summed E-state index contributed by atoms with van der Waals surface area (Å²) < 4.78 is 33.8. The van der Waals surface area contributed by atoms with Crippen LogP contribution in [0.3, 0.4) is 0 Å². The van der Waals surface area contributed by atoms with Crippen molar-refractivity contribution >= 4 is 11.6 Å². The first-order valence-corrected chi connectivity index (χ1v) is 7.14. The van der Waals surface area contributed by atoms with E-state index in [9.17, 15) is 13.6 Å². The van der Waals surface area contributed by atoms with Crippen molar-refractivity contribution < 1.29 is 23.0 Å². The summed E-state index contributed by atoms with van der Waals surface area (Å²) >= 11 is 0. The molecule has 2 aromatic rings. The summed E-state index contributed by atoms with van der Waals surface area (Å²) in [5.41, 5.74) is 1.50. The van der Waals surface area contributed by atoms with Crippen molar-refractivity contribution in [1.82, 2.24) is 0 Å². The molecule has 0 saturated carbocycles. The van der Waals surface area contributed by atoms with E-state index in [1.807, 2.05) is 31.2 Å². The molecule has 0 heterocycles. The number of alkyl halides is 2. The number of hydrogen-bond acceptors (Lipinski definition) is 3. The molecule has 0 bridgehead atoms. The zero-order valence-electron chi connectivity index (χ0n) is 12.6. The van der Waals surface area contributed by atoms with Crippen LogP contribution in [-0.4, -0.2) is 19.1 Å². The number of aryl methyl sites for hydroxylation is 1. The second-order valence-corrected chi connectivity index (χ2v) is 4.70. The van der Waals surface area contributed by atoms with E-state index in [-0.39, 0.29) is 18.3 Å². The molecular formula is C17H17F2NO3. The van der Waals surface area contributed by atoms with E-state index in [0.717, 1.165) is 12.0 Å². The lowest BCUT2D eigenvalue weighted by molar-refractivity contribution is -0.118. The lowest BCUT2D eigenvalue weighted by atomic mass is 10.1. The molecule has 0 radical (unpaired) electrons. The van der Waals surface area contributed by atoms with Crippen molar-refractivity contribution in [3.63, 3.8) is 0 Å². The molecule has 0 spiro atoms. The van der Waals surface area contributed by atoms with Crippen molar-refractivity contribution in [2.45, 2.75) is 20.0 Å². The Hall–Kier alpha value is -2.63. The van der Waals surface area contributed by atoms with Gasteiger partial charge in [0.1, 0.15) is 11.5 Å². The molecule has 4 nitrogen and oxygen atoms in total. The van der Waals surface area contributed by atoms with Crippen LogP contribution >= 0.6 is 0 Å². The number of nitrogens with one attached hydrogen (secondary N) is 1. The highest BCUT2D eigenvalue weighted by atomic mass is 19.3. The first-order valence-electron chi connectivity index (χ1n) is 7.14. The highest BCUT2D eigenvalue weighted by molar-refractivity contribution is 5.91. The van der Waals surface area contributed by atoms with Crippen molar-refractivity contribution in [2.75, 3.05) is 11.9 Å². The Labute approximate surface area is 133 Å². The Morgan fingerprint density at radius 2 is 1.83 bits per heavy atom. The van der Waals surface area contributed by atoms with Gasteiger partial charge in [0.15, 0.2) is 6.61 Å². The van der Waals surface area contributed by atoms with Crippen LogP contribution in [0.15, 0.2) is 48.5 Å². The van der Waals surface area contributed by atoms with Crippen molar-refractivity contribution in [2.24, 2.45) is 0 Å². The van der Waals surface area contributed by atoms with Crippen LogP contribution in [0.1, 0.15) is 12.5 Å². The minimum atomic E-state index is -2.87. The molecular weight excluding hydrogens is 304 g/mol. The molecule has 122 valence electrons. The van der Waals surface area contributed by atoms with Gasteiger partial charge in [0.25, 0.3) is 5.91 Å². The molecule has 0 aromatic heterocycles. The van der Waals surface area contributed by atoms with E-state index in [4.69, 9.17) is 4.74 Å². The third kappa shape index (κ3) is 5.25. The number of anilines is 1. The van der Waals surface area contributed by atoms with Crippen LogP contribution in [0.2, 0.25) is 0 Å². The monoisotopic (exact) mass is 321 g/mol. The fourth-order valence-electron chi connectivity index (χ4n) is 2.00. The summed E-state index contributed by atoms with van der Waals surface area (Å²) in [5, 5.41) is 2.62. The molecule has 23 heavy (non-hydrogen) atoms. The molecule has 0 atom stereocenters. The van der Waals surface area contributed by atoms with Gasteiger partial charge in [-0.25, -0.2) is 0 Å². The molecule has 0 aliphatic carbocycles. The molecule has 2 rings (SSSR count). The predicted molar refractivity (Wildman–Crippen MR) is 83.0 cm³/mol. The number of amides is 1. The fourth-order valence-corrected chi connectivity index (χ4v) is 2.00. The van der Waals surface area contributed by atoms with Gasteiger partial charge in [-0.15, -0.1) is 0 Å². The first kappa shape index (κ1) is 16.7. The fraction of sp³-hybridized carbons (Fsp3) is 0.235. The Morgan fingerprint density at radius 3 is 2.48 bits per heavy atom. The summed E-state index contributed by atoms with van der Waals surface area (Å²) in [6, 6.07) is 13.2. The molecule has 1 amide bonds. The Kier molecular flexibility index (Phi) is 5.91. The lowest BCUT2D eigenvalue weighted by Gasteiger charge is -2.11. The zero-order valence-corrected chi connectivity index (χ0v) is 12.6. The van der Waals surface area contributed by atoms with Crippen LogP contribution in [0.5, 0.6) is 11.5 Å². The summed E-state index contributed by atoms with van der Waals surface area (Å²) in [4.78, 5) is 11.9. The molecule has 6 heteroatoms. The van der Waals surface area contributed by atoms with E-state index in [1.54, 1.807) is 0 Å². The van der Waals surface area contributed by atoms with E-state index in [0.29, 0.717) is 11.4 Å². The molecule has 1 N–H and O–H groups in total. The van der Waals surface area contributed by atoms with E-state index in [2.05, 4.69) is 10.1 Å². The minimum Gasteiger partial charge on any atom is -0.483 e. The highest BCUT2D eigenvalue weighted by Gasteiger charge is 2.07. The highest BCUT2D eigenvalue weighted by Crippen LogP contribution is 2.19. The van der Waals surface area contributed by atoms with Crippen LogP contribution in [-0.2, 0) is 11.2 Å². The predicted octanol–water partition coefficient (Wildman–Crippen LogP) is 3.87. The van der Waals surface area contributed by atoms with Gasteiger partial charge in [-0.3, -0.25) is 4.79 Å². The molecule has 0 saturated heterocycles. The zero-order chi connectivity index (χ0) is 16.7. The van der Waals surface area contributed by atoms with Gasteiger partial charge >= 0.3 is 6.61 Å². The lowest BCUT2D eigenvalue weighted by Crippen LogP contribution is -2.20. The number of para-hydroxylation sites is 1. The topological polar surface area (TPSA) is 47.6 Å². The maximum atomic E-state index is 12.0. The van der Waals surface area contributed by atoms with Gasteiger partial charge < -0.3 is 14.8 Å². The Morgan fingerprint density at radius 1 is 1.13 bits per heavy atom. The average Bonchev–Trinajstić information content (AvgIpc) is 2.54. The maximum Gasteiger partial charge on any atom is 0.387 e. The van der Waals surface area contributed by atoms with E-state index >= 15 is 0 Å². The molecule has 0 unspecified atom stereocenters. The minimum absolute atomic E-state index is 0.0334. The van der Waals surface area contributed by atoms with Crippen LogP contribution in [0, 0.1) is 0 Å². The summed E-state index contributed by atoms with van der Waals surface area (Å²) in [7, 11) is 0. The standard InChI is InChI=1S/C17H17F2NO3/c1-2-12-5-3-4-6-15(12)22-11-16(21)20-13-7-9-14(10-8-13)23-17(18)19/h3-10,17H,2,11H2,1H3,(H,20,21). The number of rotatable bonds is 7. The summed E-state index contributed by atoms with van der Waals surface area (Å²) in [5.74, 6) is 0.371. The van der Waals surface area contributed by atoms with Crippen LogP contribution in [0.4, 0.5) is 14.5 Å². The van der Waals surface area contributed by atoms with Gasteiger partial charge in [0, 0.05) is 5.69 Å². The molecule has 0 fully saturated rings. The van der Waals surface area contributed by atoms with E-state index in [1.165, 1.54) is 24.3 Å². The Balaban J connectivity index is 1.87. The van der Waals surface area contributed by atoms with Crippen molar-refractivity contribution in [1.29, 1.82) is 0 Å². The second-order valence-electron chi connectivity index (χ2n) is 4.70. The normalized spacial score (nSPS) is 10.4. The summed E-state index contributed by atoms with van der Waals surface area (Å²) in [6.45, 7) is -1.00. The molecule has 0 aliphatic rings. The quantitative estimate of drug-likeness (QED) is 0.842. The number of carbonyl (C=O) groups excluding carboxylic acids is 1. The first-order chi connectivity index (χ1) is 11.1. The number of ether oxygens (including phenoxy) is 2. The van der Waals surface area contributed by atoms with Crippen molar-refractivity contribution in [3.05, 3.63) is 54.1 Å².